The summed E-state index contributed by atoms with van der Waals surface area (Å²) < 4.78 is 5.91. The first-order valence-electron chi connectivity index (χ1n) is 7.36. The third-order valence-electron chi connectivity index (χ3n) is 4.57. The molecule has 1 aliphatic heterocycles. The number of aromatic nitrogens is 1. The average Bonchev–Trinajstić information content (AvgIpc) is 2.96. The van der Waals surface area contributed by atoms with Crippen LogP contribution in [-0.4, -0.2) is 30.3 Å². The van der Waals surface area contributed by atoms with E-state index in [0.29, 0.717) is 12.1 Å². The van der Waals surface area contributed by atoms with Crippen molar-refractivity contribution < 1.29 is 4.74 Å². The molecule has 2 heterocycles. The van der Waals surface area contributed by atoms with Crippen LogP contribution < -0.4 is 10.6 Å². The van der Waals surface area contributed by atoms with Crippen molar-refractivity contribution in [1.82, 2.24) is 4.98 Å². The summed E-state index contributed by atoms with van der Waals surface area (Å²) in [6.45, 7) is 1.77. The molecule has 2 N–H and O–H groups in total. The van der Waals surface area contributed by atoms with Gasteiger partial charge in [-0.25, -0.2) is 0 Å². The number of para-hydroxylation sites is 1. The van der Waals surface area contributed by atoms with Gasteiger partial charge in [0.15, 0.2) is 0 Å². The van der Waals surface area contributed by atoms with E-state index < -0.39 is 0 Å². The molecule has 0 bridgehead atoms. The number of hydrogen-bond acceptors (Lipinski definition) is 4. The number of morpholine rings is 1. The average molecular weight is 269 g/mol. The highest BCUT2D eigenvalue weighted by Gasteiger charge is 2.36. The van der Waals surface area contributed by atoms with Gasteiger partial charge in [0.25, 0.3) is 0 Å². The molecular weight excluding hydrogens is 250 g/mol. The first kappa shape index (κ1) is 12.0. The monoisotopic (exact) mass is 269 g/mol. The molecule has 20 heavy (non-hydrogen) atoms. The highest BCUT2D eigenvalue weighted by Crippen LogP contribution is 2.36. The van der Waals surface area contributed by atoms with Gasteiger partial charge < -0.3 is 15.4 Å². The van der Waals surface area contributed by atoms with Gasteiger partial charge in [-0.1, -0.05) is 12.1 Å². The Morgan fingerprint density at radius 3 is 3.15 bits per heavy atom. The molecule has 104 valence electrons. The van der Waals surface area contributed by atoms with E-state index in [1.165, 1.54) is 24.9 Å². The minimum Gasteiger partial charge on any atom is -0.397 e. The fourth-order valence-electron chi connectivity index (χ4n) is 3.66. The maximum absolute atomic E-state index is 6.06. The number of rotatable bonds is 1. The van der Waals surface area contributed by atoms with Gasteiger partial charge in [0.05, 0.1) is 30.0 Å². The van der Waals surface area contributed by atoms with Gasteiger partial charge in [-0.05, 0) is 31.4 Å². The normalized spacial score (nSPS) is 25.9. The van der Waals surface area contributed by atoms with Crippen molar-refractivity contribution in [1.29, 1.82) is 0 Å². The van der Waals surface area contributed by atoms with Crippen molar-refractivity contribution >= 4 is 22.3 Å². The molecule has 4 nitrogen and oxygen atoms in total. The molecule has 2 aliphatic rings. The highest BCUT2D eigenvalue weighted by molar-refractivity contribution is 5.98. The Kier molecular flexibility index (Phi) is 2.77. The second-order valence-electron chi connectivity index (χ2n) is 5.67. The van der Waals surface area contributed by atoms with Crippen LogP contribution in [-0.2, 0) is 4.74 Å². The molecule has 0 amide bonds. The van der Waals surface area contributed by atoms with E-state index in [9.17, 15) is 0 Å². The SMILES string of the molecule is Nc1cccc2c(N3CCOC4CCCC43)ccnc12. The predicted molar refractivity (Wildman–Crippen MR) is 80.9 cm³/mol. The maximum atomic E-state index is 6.06. The molecule has 4 heteroatoms. The smallest absolute Gasteiger partial charge is 0.0951 e. The second kappa shape index (κ2) is 4.63. The van der Waals surface area contributed by atoms with E-state index in [2.05, 4.69) is 22.0 Å². The largest absolute Gasteiger partial charge is 0.397 e. The number of fused-ring (bicyclic) bond motifs is 2. The first-order chi connectivity index (χ1) is 9.84. The molecule has 1 aliphatic carbocycles. The molecular formula is C16H19N3O. The highest BCUT2D eigenvalue weighted by atomic mass is 16.5. The van der Waals surface area contributed by atoms with Crippen molar-refractivity contribution in [2.75, 3.05) is 23.8 Å². The minimum absolute atomic E-state index is 0.396. The Hall–Kier alpha value is -1.81. The predicted octanol–water partition coefficient (Wildman–Crippen LogP) is 2.57. The quantitative estimate of drug-likeness (QED) is 0.808. The van der Waals surface area contributed by atoms with E-state index >= 15 is 0 Å². The van der Waals surface area contributed by atoms with E-state index in [1.54, 1.807) is 0 Å². The molecule has 2 fully saturated rings. The number of nitrogens with two attached hydrogens (primary N) is 1. The van der Waals surface area contributed by atoms with Gasteiger partial charge in [-0.2, -0.15) is 0 Å². The van der Waals surface area contributed by atoms with Crippen molar-refractivity contribution in [3.8, 4) is 0 Å². The maximum Gasteiger partial charge on any atom is 0.0951 e. The zero-order valence-electron chi connectivity index (χ0n) is 11.5. The van der Waals surface area contributed by atoms with Crippen molar-refractivity contribution in [2.24, 2.45) is 0 Å². The van der Waals surface area contributed by atoms with Crippen LogP contribution in [0, 0.1) is 0 Å². The van der Waals surface area contributed by atoms with Crippen LogP contribution in [0.5, 0.6) is 0 Å². The molecule has 0 spiro atoms. The third-order valence-corrected chi connectivity index (χ3v) is 4.57. The van der Waals surface area contributed by atoms with Crippen molar-refractivity contribution in [2.45, 2.75) is 31.4 Å². The summed E-state index contributed by atoms with van der Waals surface area (Å²) in [5.74, 6) is 0. The summed E-state index contributed by atoms with van der Waals surface area (Å²) >= 11 is 0. The summed E-state index contributed by atoms with van der Waals surface area (Å²) in [5, 5.41) is 1.15. The first-order valence-corrected chi connectivity index (χ1v) is 7.36. The van der Waals surface area contributed by atoms with Crippen LogP contribution in [0.25, 0.3) is 10.9 Å². The van der Waals surface area contributed by atoms with Gasteiger partial charge in [0.1, 0.15) is 0 Å². The summed E-state index contributed by atoms with van der Waals surface area (Å²) in [7, 11) is 0. The lowest BCUT2D eigenvalue weighted by atomic mass is 10.1. The number of anilines is 2. The Balaban J connectivity index is 1.83. The van der Waals surface area contributed by atoms with Gasteiger partial charge in [0, 0.05) is 23.8 Å². The second-order valence-corrected chi connectivity index (χ2v) is 5.67. The molecule has 1 saturated heterocycles. The van der Waals surface area contributed by atoms with Crippen LogP contribution >= 0.6 is 0 Å². The van der Waals surface area contributed by atoms with Crippen LogP contribution in [0.3, 0.4) is 0 Å². The zero-order valence-corrected chi connectivity index (χ0v) is 11.5. The van der Waals surface area contributed by atoms with Crippen molar-refractivity contribution in [3.63, 3.8) is 0 Å². The van der Waals surface area contributed by atoms with Gasteiger partial charge in [-0.15, -0.1) is 0 Å². The van der Waals surface area contributed by atoms with E-state index in [0.717, 1.165) is 29.7 Å². The summed E-state index contributed by atoms with van der Waals surface area (Å²) in [4.78, 5) is 6.94. The zero-order chi connectivity index (χ0) is 13.5. The lowest BCUT2D eigenvalue weighted by Gasteiger charge is -2.39. The lowest BCUT2D eigenvalue weighted by molar-refractivity contribution is 0.0257. The van der Waals surface area contributed by atoms with Crippen molar-refractivity contribution in [3.05, 3.63) is 30.5 Å². The van der Waals surface area contributed by atoms with E-state index in [4.69, 9.17) is 10.5 Å². The Morgan fingerprint density at radius 2 is 2.20 bits per heavy atom. The number of hydrogen-bond donors (Lipinski definition) is 1. The number of nitrogen functional groups attached to an aromatic ring is 1. The number of benzene rings is 1. The van der Waals surface area contributed by atoms with E-state index in [-0.39, 0.29) is 0 Å². The molecule has 1 saturated carbocycles. The van der Waals surface area contributed by atoms with Crippen LogP contribution in [0.2, 0.25) is 0 Å². The number of pyridine rings is 1. The molecule has 0 radical (unpaired) electrons. The molecule has 1 aromatic heterocycles. The third kappa shape index (κ3) is 1.75. The standard InChI is InChI=1S/C16H19N3O/c17-12-4-1-3-11-13(7-8-18-16(11)12)19-9-10-20-15-6-2-5-14(15)19/h1,3-4,7-8,14-15H,2,5-6,9-10,17H2. The van der Waals surface area contributed by atoms with Crippen LogP contribution in [0.15, 0.2) is 30.5 Å². The minimum atomic E-state index is 0.396. The summed E-state index contributed by atoms with van der Waals surface area (Å²) in [5.41, 5.74) is 8.97. The number of nitrogens with zero attached hydrogens (tertiary/aromatic N) is 2. The fraction of sp³-hybridized carbons (Fsp3) is 0.438. The molecule has 2 unspecified atom stereocenters. The Morgan fingerprint density at radius 1 is 1.25 bits per heavy atom. The van der Waals surface area contributed by atoms with Crippen LogP contribution in [0.1, 0.15) is 19.3 Å². The molecule has 2 aromatic rings. The fourth-order valence-corrected chi connectivity index (χ4v) is 3.66. The Bertz CT molecular complexity index is 643. The van der Waals surface area contributed by atoms with Gasteiger partial charge in [-0.3, -0.25) is 4.98 Å². The van der Waals surface area contributed by atoms with E-state index in [1.807, 2.05) is 18.3 Å². The molecule has 1 aromatic carbocycles. The van der Waals surface area contributed by atoms with Gasteiger partial charge in [0.2, 0.25) is 0 Å². The lowest BCUT2D eigenvalue weighted by Crippen LogP contribution is -2.48. The molecule has 4 rings (SSSR count). The van der Waals surface area contributed by atoms with Gasteiger partial charge >= 0.3 is 0 Å². The summed E-state index contributed by atoms with van der Waals surface area (Å²) in [6, 6.07) is 8.66. The Labute approximate surface area is 118 Å². The van der Waals surface area contributed by atoms with Crippen LogP contribution in [0.4, 0.5) is 11.4 Å². The topological polar surface area (TPSA) is 51.4 Å². The summed E-state index contributed by atoms with van der Waals surface area (Å²) in [6.07, 6.45) is 5.93. The number of ether oxygens (including phenoxy) is 1. The molecule has 2 atom stereocenters.